The number of pyridine rings is 2. The van der Waals surface area contributed by atoms with Crippen LogP contribution in [-0.4, -0.2) is 19.9 Å². The van der Waals surface area contributed by atoms with Crippen molar-refractivity contribution in [2.75, 3.05) is 11.1 Å². The Kier molecular flexibility index (Phi) is 4.45. The number of hydrogen-bond acceptors (Lipinski definition) is 6. The molecule has 0 fully saturated rings. The van der Waals surface area contributed by atoms with E-state index in [4.69, 9.17) is 5.73 Å². The number of alkyl halides is 3. The number of nitrogens with zero attached hydrogens (tertiary/aromatic N) is 4. The van der Waals surface area contributed by atoms with Crippen LogP contribution in [-0.2, 0) is 6.18 Å². The minimum atomic E-state index is -4.61. The second kappa shape index (κ2) is 6.97. The number of aromatic nitrogens is 4. The number of nitrogens with two attached hydrogens (primary N) is 1. The first kappa shape index (κ1) is 18.5. The lowest BCUT2D eigenvalue weighted by Gasteiger charge is -2.13. The summed E-state index contributed by atoms with van der Waals surface area (Å²) >= 11 is 0. The van der Waals surface area contributed by atoms with E-state index in [1.165, 1.54) is 24.7 Å². The summed E-state index contributed by atoms with van der Waals surface area (Å²) in [7, 11) is 0. The molecule has 0 spiro atoms. The van der Waals surface area contributed by atoms with Crippen molar-refractivity contribution in [1.29, 1.82) is 0 Å². The predicted molar refractivity (Wildman–Crippen MR) is 99.7 cm³/mol. The zero-order valence-corrected chi connectivity index (χ0v) is 14.6. The van der Waals surface area contributed by atoms with Crippen LogP contribution >= 0.6 is 0 Å². The molecule has 3 aromatic heterocycles. The van der Waals surface area contributed by atoms with E-state index < -0.39 is 17.6 Å². The maximum atomic E-state index is 14.4. The van der Waals surface area contributed by atoms with Gasteiger partial charge in [0.25, 0.3) is 0 Å². The highest BCUT2D eigenvalue weighted by molar-refractivity contribution is 5.93. The van der Waals surface area contributed by atoms with Crippen LogP contribution in [0.4, 0.5) is 34.9 Å². The second-order valence-electron chi connectivity index (χ2n) is 6.08. The Morgan fingerprint density at radius 1 is 0.966 bits per heavy atom. The quantitative estimate of drug-likeness (QED) is 0.490. The molecule has 0 aliphatic carbocycles. The minimum absolute atomic E-state index is 0.00988. The third-order valence-electron chi connectivity index (χ3n) is 4.10. The molecule has 1 aromatic carbocycles. The largest absolute Gasteiger partial charge is 0.416 e. The highest BCUT2D eigenvalue weighted by Gasteiger charge is 2.31. The Morgan fingerprint density at radius 2 is 1.79 bits per heavy atom. The maximum Gasteiger partial charge on any atom is 0.416 e. The number of anilines is 3. The SMILES string of the molecule is Nc1cc(Nc2cc(-c3cc(C(F)(F)F)ccc3F)nc3ncccc23)ncn1. The fourth-order valence-corrected chi connectivity index (χ4v) is 2.78. The average molecular weight is 400 g/mol. The number of benzene rings is 1. The Morgan fingerprint density at radius 3 is 2.55 bits per heavy atom. The normalized spacial score (nSPS) is 11.6. The number of fused-ring (bicyclic) bond motifs is 1. The molecule has 3 N–H and O–H groups in total. The van der Waals surface area contributed by atoms with Gasteiger partial charge in [0.1, 0.15) is 23.8 Å². The van der Waals surface area contributed by atoms with Crippen molar-refractivity contribution >= 4 is 28.4 Å². The van der Waals surface area contributed by atoms with E-state index >= 15 is 0 Å². The number of hydrogen-bond donors (Lipinski definition) is 2. The molecule has 29 heavy (non-hydrogen) atoms. The monoisotopic (exact) mass is 400 g/mol. The molecule has 6 nitrogen and oxygen atoms in total. The van der Waals surface area contributed by atoms with Gasteiger partial charge < -0.3 is 11.1 Å². The maximum absolute atomic E-state index is 14.4. The van der Waals surface area contributed by atoms with Crippen molar-refractivity contribution < 1.29 is 17.6 Å². The molecule has 4 aromatic rings. The van der Waals surface area contributed by atoms with E-state index in [2.05, 4.69) is 25.3 Å². The van der Waals surface area contributed by atoms with E-state index in [1.807, 2.05) is 0 Å². The first-order valence-corrected chi connectivity index (χ1v) is 8.29. The summed E-state index contributed by atoms with van der Waals surface area (Å²) < 4.78 is 53.6. The summed E-state index contributed by atoms with van der Waals surface area (Å²) in [6.45, 7) is 0. The van der Waals surface area contributed by atoms with Crippen LogP contribution in [0.25, 0.3) is 22.3 Å². The molecule has 0 amide bonds. The molecule has 0 saturated carbocycles. The lowest BCUT2D eigenvalue weighted by atomic mass is 10.0. The molecular formula is C19H12F4N6. The van der Waals surface area contributed by atoms with Crippen LogP contribution in [0.1, 0.15) is 5.56 Å². The number of halogens is 4. The molecule has 0 bridgehead atoms. The number of nitrogens with one attached hydrogen (secondary N) is 1. The molecule has 3 heterocycles. The molecule has 0 saturated heterocycles. The van der Waals surface area contributed by atoms with Gasteiger partial charge >= 0.3 is 6.18 Å². The molecule has 0 atom stereocenters. The molecule has 10 heteroatoms. The van der Waals surface area contributed by atoms with Crippen molar-refractivity contribution in [2.24, 2.45) is 0 Å². The topological polar surface area (TPSA) is 89.6 Å². The van der Waals surface area contributed by atoms with Crippen molar-refractivity contribution in [3.05, 3.63) is 66.4 Å². The van der Waals surface area contributed by atoms with Gasteiger partial charge in [-0.2, -0.15) is 13.2 Å². The number of nitrogen functional groups attached to an aromatic ring is 1. The van der Waals surface area contributed by atoms with Gasteiger partial charge in [0.15, 0.2) is 5.65 Å². The van der Waals surface area contributed by atoms with E-state index in [-0.39, 0.29) is 22.7 Å². The second-order valence-corrected chi connectivity index (χ2v) is 6.08. The smallest absolute Gasteiger partial charge is 0.384 e. The van der Waals surface area contributed by atoms with Crippen LogP contribution in [0.2, 0.25) is 0 Å². The lowest BCUT2D eigenvalue weighted by Crippen LogP contribution is -2.06. The first-order valence-electron chi connectivity index (χ1n) is 8.29. The first-order chi connectivity index (χ1) is 13.8. The van der Waals surface area contributed by atoms with Crippen molar-refractivity contribution in [2.45, 2.75) is 6.18 Å². The van der Waals surface area contributed by atoms with Gasteiger partial charge in [-0.05, 0) is 36.4 Å². The highest BCUT2D eigenvalue weighted by atomic mass is 19.4. The van der Waals surface area contributed by atoms with Crippen LogP contribution in [0, 0.1) is 5.82 Å². The summed E-state index contributed by atoms with van der Waals surface area (Å²) in [5.41, 5.74) is 5.02. The van der Waals surface area contributed by atoms with E-state index in [9.17, 15) is 17.6 Å². The van der Waals surface area contributed by atoms with Gasteiger partial charge in [-0.1, -0.05) is 0 Å². The average Bonchev–Trinajstić information content (AvgIpc) is 2.67. The highest BCUT2D eigenvalue weighted by Crippen LogP contribution is 2.35. The van der Waals surface area contributed by atoms with E-state index in [0.717, 1.165) is 12.1 Å². The Labute approximate surface area is 161 Å². The standard InChI is InChI=1S/C19H12F4N6/c20-13-4-3-10(19(21,22)23)6-12(13)15-7-14(11-2-1-5-25-18(11)29-15)28-17-8-16(24)26-9-27-17/h1-9H,(H3,24,25,26,27,28,29). The van der Waals surface area contributed by atoms with E-state index in [1.54, 1.807) is 12.1 Å². The lowest BCUT2D eigenvalue weighted by molar-refractivity contribution is -0.137. The summed E-state index contributed by atoms with van der Waals surface area (Å²) in [5, 5.41) is 3.58. The number of rotatable bonds is 3. The van der Waals surface area contributed by atoms with Gasteiger partial charge in [0.05, 0.1) is 16.9 Å². The Balaban J connectivity index is 1.89. The fraction of sp³-hybridized carbons (Fsp3) is 0.0526. The Hall–Kier alpha value is -3.82. The van der Waals surface area contributed by atoms with Crippen molar-refractivity contribution in [3.8, 4) is 11.3 Å². The molecular weight excluding hydrogens is 388 g/mol. The Bertz CT molecular complexity index is 1210. The van der Waals surface area contributed by atoms with Crippen LogP contribution in [0.15, 0.2) is 55.0 Å². The van der Waals surface area contributed by atoms with Gasteiger partial charge in [0, 0.05) is 23.2 Å². The summed E-state index contributed by atoms with van der Waals surface area (Å²) in [5.74, 6) is -0.259. The van der Waals surface area contributed by atoms with Gasteiger partial charge in [-0.15, -0.1) is 0 Å². The molecule has 0 unspecified atom stereocenters. The molecule has 0 aliphatic heterocycles. The molecule has 0 aliphatic rings. The fourth-order valence-electron chi connectivity index (χ4n) is 2.78. The van der Waals surface area contributed by atoms with Crippen molar-refractivity contribution in [3.63, 3.8) is 0 Å². The minimum Gasteiger partial charge on any atom is -0.384 e. The molecule has 0 radical (unpaired) electrons. The van der Waals surface area contributed by atoms with E-state index in [0.29, 0.717) is 23.0 Å². The summed E-state index contributed by atoms with van der Waals surface area (Å²) in [6.07, 6.45) is -1.88. The summed E-state index contributed by atoms with van der Waals surface area (Å²) in [4.78, 5) is 16.2. The van der Waals surface area contributed by atoms with Crippen molar-refractivity contribution in [1.82, 2.24) is 19.9 Å². The van der Waals surface area contributed by atoms with Crippen LogP contribution in [0.3, 0.4) is 0 Å². The molecule has 146 valence electrons. The predicted octanol–water partition coefficient (Wildman–Crippen LogP) is 4.57. The van der Waals surface area contributed by atoms with Gasteiger partial charge in [-0.25, -0.2) is 24.3 Å². The summed E-state index contributed by atoms with van der Waals surface area (Å²) in [6, 6.07) is 8.47. The van der Waals surface area contributed by atoms with Crippen LogP contribution < -0.4 is 11.1 Å². The third-order valence-corrected chi connectivity index (χ3v) is 4.10. The third kappa shape index (κ3) is 3.77. The zero-order valence-electron chi connectivity index (χ0n) is 14.6. The van der Waals surface area contributed by atoms with Gasteiger partial charge in [0.2, 0.25) is 0 Å². The zero-order chi connectivity index (χ0) is 20.6. The van der Waals surface area contributed by atoms with Gasteiger partial charge in [-0.3, -0.25) is 0 Å². The van der Waals surface area contributed by atoms with Crippen LogP contribution in [0.5, 0.6) is 0 Å². The molecule has 4 rings (SSSR count).